The van der Waals surface area contributed by atoms with Crippen molar-refractivity contribution in [1.29, 1.82) is 0 Å². The lowest BCUT2D eigenvalue weighted by Gasteiger charge is -1.96. The van der Waals surface area contributed by atoms with Crippen LogP contribution in [0.4, 0.5) is 0 Å². The number of rotatable bonds is 4. The van der Waals surface area contributed by atoms with Crippen molar-refractivity contribution < 1.29 is 4.79 Å². The smallest absolute Gasteiger partial charge is 0.130 e. The molecule has 2 nitrogen and oxygen atoms in total. The molecule has 0 saturated carbocycles. The number of nitrogens with zero attached hydrogens (tertiary/aromatic N) is 1. The van der Waals surface area contributed by atoms with Crippen molar-refractivity contribution in [3.8, 4) is 10.6 Å². The first-order chi connectivity index (χ1) is 8.15. The lowest BCUT2D eigenvalue weighted by molar-refractivity contribution is -0.116. The van der Waals surface area contributed by atoms with Crippen LogP contribution in [0, 0.1) is 0 Å². The van der Waals surface area contributed by atoms with Gasteiger partial charge in [-0.1, -0.05) is 28.1 Å². The Hall–Kier alpha value is -1.00. The second-order valence-electron chi connectivity index (χ2n) is 3.85. The average Bonchev–Trinajstić information content (AvgIpc) is 2.76. The van der Waals surface area contributed by atoms with E-state index in [1.54, 1.807) is 18.3 Å². The molecule has 17 heavy (non-hydrogen) atoms. The number of aryl methyl sites for hydroxylation is 1. The quantitative estimate of drug-likeness (QED) is 0.851. The van der Waals surface area contributed by atoms with Crippen LogP contribution in [-0.2, 0) is 11.2 Å². The second kappa shape index (κ2) is 5.56. The molecule has 1 aromatic carbocycles. The summed E-state index contributed by atoms with van der Waals surface area (Å²) in [6.07, 6.45) is 1.31. The van der Waals surface area contributed by atoms with Gasteiger partial charge in [-0.3, -0.25) is 0 Å². The highest BCUT2D eigenvalue weighted by Crippen LogP contribution is 2.25. The van der Waals surface area contributed by atoms with E-state index in [-0.39, 0.29) is 5.78 Å². The molecule has 0 spiro atoms. The molecule has 1 heterocycles. The zero-order valence-electron chi connectivity index (χ0n) is 9.44. The molecule has 0 aliphatic rings. The Morgan fingerprint density at radius 1 is 1.35 bits per heavy atom. The van der Waals surface area contributed by atoms with Gasteiger partial charge in [0.05, 0.1) is 5.69 Å². The highest BCUT2D eigenvalue weighted by molar-refractivity contribution is 9.10. The van der Waals surface area contributed by atoms with Crippen molar-refractivity contribution >= 4 is 33.0 Å². The molecule has 0 bridgehead atoms. The van der Waals surface area contributed by atoms with Crippen LogP contribution >= 0.6 is 27.3 Å². The summed E-state index contributed by atoms with van der Waals surface area (Å²) in [6, 6.07) is 8.09. The molecule has 0 atom stereocenters. The summed E-state index contributed by atoms with van der Waals surface area (Å²) in [5.74, 6) is 0.211. The normalized spacial score (nSPS) is 10.5. The first-order valence-electron chi connectivity index (χ1n) is 5.35. The predicted molar refractivity (Wildman–Crippen MR) is 74.3 cm³/mol. The topological polar surface area (TPSA) is 30.0 Å². The predicted octanol–water partition coefficient (Wildman–Crippen LogP) is 4.09. The van der Waals surface area contributed by atoms with Gasteiger partial charge in [-0.05, 0) is 25.5 Å². The SMILES string of the molecule is CC(=O)CCc1csc(-c2ccc(Br)cc2)n1. The van der Waals surface area contributed by atoms with E-state index in [0.29, 0.717) is 6.42 Å². The maximum Gasteiger partial charge on any atom is 0.130 e. The molecular formula is C13H12BrNOS. The largest absolute Gasteiger partial charge is 0.300 e. The average molecular weight is 310 g/mol. The Bertz CT molecular complexity index is 518. The standard InChI is InChI=1S/C13H12BrNOS/c1-9(16)2-7-12-8-17-13(15-12)10-3-5-11(14)6-4-10/h3-6,8H,2,7H2,1H3. The maximum atomic E-state index is 10.9. The first-order valence-corrected chi connectivity index (χ1v) is 7.02. The summed E-state index contributed by atoms with van der Waals surface area (Å²) >= 11 is 5.03. The van der Waals surface area contributed by atoms with Crippen molar-refractivity contribution in [1.82, 2.24) is 4.98 Å². The number of ketones is 1. The minimum Gasteiger partial charge on any atom is -0.300 e. The van der Waals surface area contributed by atoms with E-state index in [4.69, 9.17) is 0 Å². The van der Waals surface area contributed by atoms with Crippen LogP contribution in [0.3, 0.4) is 0 Å². The van der Waals surface area contributed by atoms with Crippen LogP contribution in [0.25, 0.3) is 10.6 Å². The molecule has 2 aromatic rings. The van der Waals surface area contributed by atoms with Gasteiger partial charge in [-0.2, -0.15) is 0 Å². The van der Waals surface area contributed by atoms with Gasteiger partial charge in [-0.15, -0.1) is 11.3 Å². The summed E-state index contributed by atoms with van der Waals surface area (Å²) in [5.41, 5.74) is 2.12. The monoisotopic (exact) mass is 309 g/mol. The lowest BCUT2D eigenvalue weighted by atomic mass is 10.2. The van der Waals surface area contributed by atoms with Crippen LogP contribution < -0.4 is 0 Å². The fourth-order valence-corrected chi connectivity index (χ4v) is 2.58. The summed E-state index contributed by atoms with van der Waals surface area (Å²) in [6.45, 7) is 1.61. The Morgan fingerprint density at radius 2 is 2.06 bits per heavy atom. The van der Waals surface area contributed by atoms with Gasteiger partial charge in [0.15, 0.2) is 0 Å². The van der Waals surface area contributed by atoms with Gasteiger partial charge in [-0.25, -0.2) is 4.98 Å². The minimum absolute atomic E-state index is 0.211. The van der Waals surface area contributed by atoms with Crippen LogP contribution in [0.2, 0.25) is 0 Å². The van der Waals surface area contributed by atoms with Gasteiger partial charge in [0.25, 0.3) is 0 Å². The molecule has 0 aliphatic heterocycles. The van der Waals surface area contributed by atoms with E-state index < -0.39 is 0 Å². The molecule has 0 aliphatic carbocycles. The zero-order chi connectivity index (χ0) is 12.3. The van der Waals surface area contributed by atoms with E-state index in [9.17, 15) is 4.79 Å². The van der Waals surface area contributed by atoms with Gasteiger partial charge in [0.2, 0.25) is 0 Å². The fourth-order valence-electron chi connectivity index (χ4n) is 1.45. The highest BCUT2D eigenvalue weighted by Gasteiger charge is 2.05. The van der Waals surface area contributed by atoms with Crippen LogP contribution in [0.15, 0.2) is 34.1 Å². The molecule has 2 rings (SSSR count). The summed E-state index contributed by atoms with van der Waals surface area (Å²) in [7, 11) is 0. The summed E-state index contributed by atoms with van der Waals surface area (Å²) < 4.78 is 1.06. The third-order valence-electron chi connectivity index (χ3n) is 2.38. The Morgan fingerprint density at radius 3 is 2.71 bits per heavy atom. The lowest BCUT2D eigenvalue weighted by Crippen LogP contribution is -1.93. The Kier molecular flexibility index (Phi) is 4.07. The number of hydrogen-bond donors (Lipinski definition) is 0. The van der Waals surface area contributed by atoms with Crippen molar-refractivity contribution in [2.24, 2.45) is 0 Å². The third-order valence-corrected chi connectivity index (χ3v) is 3.84. The van der Waals surface area contributed by atoms with E-state index in [1.807, 2.05) is 29.6 Å². The number of halogens is 1. The molecule has 0 unspecified atom stereocenters. The second-order valence-corrected chi connectivity index (χ2v) is 5.63. The number of aromatic nitrogens is 1. The van der Waals surface area contributed by atoms with E-state index in [1.165, 1.54) is 0 Å². The van der Waals surface area contributed by atoms with Crippen molar-refractivity contribution in [2.45, 2.75) is 19.8 Å². The number of benzene rings is 1. The van der Waals surface area contributed by atoms with Crippen LogP contribution in [-0.4, -0.2) is 10.8 Å². The van der Waals surface area contributed by atoms with Gasteiger partial charge in [0, 0.05) is 21.8 Å². The molecule has 0 fully saturated rings. The van der Waals surface area contributed by atoms with Gasteiger partial charge < -0.3 is 4.79 Å². The molecule has 1 aromatic heterocycles. The number of thiazole rings is 1. The van der Waals surface area contributed by atoms with Crippen LogP contribution in [0.5, 0.6) is 0 Å². The molecule has 0 saturated heterocycles. The molecule has 0 amide bonds. The van der Waals surface area contributed by atoms with E-state index >= 15 is 0 Å². The molecular weight excluding hydrogens is 298 g/mol. The van der Waals surface area contributed by atoms with Crippen molar-refractivity contribution in [2.75, 3.05) is 0 Å². The molecule has 0 N–H and O–H groups in total. The number of hydrogen-bond acceptors (Lipinski definition) is 3. The minimum atomic E-state index is 0.211. The summed E-state index contributed by atoms with van der Waals surface area (Å²) in [5, 5.41) is 3.04. The van der Waals surface area contributed by atoms with Gasteiger partial charge in [0.1, 0.15) is 10.8 Å². The van der Waals surface area contributed by atoms with Crippen molar-refractivity contribution in [3.05, 3.63) is 39.8 Å². The fraction of sp³-hybridized carbons (Fsp3) is 0.231. The summed E-state index contributed by atoms with van der Waals surface area (Å²) in [4.78, 5) is 15.4. The number of carbonyl (C=O) groups is 1. The maximum absolute atomic E-state index is 10.9. The highest BCUT2D eigenvalue weighted by atomic mass is 79.9. The van der Waals surface area contributed by atoms with Crippen LogP contribution in [0.1, 0.15) is 19.0 Å². The number of Topliss-reactive ketones (excluding diaryl/α,β-unsaturated/α-hetero) is 1. The van der Waals surface area contributed by atoms with E-state index in [0.717, 1.165) is 27.2 Å². The molecule has 0 radical (unpaired) electrons. The third kappa shape index (κ3) is 3.48. The zero-order valence-corrected chi connectivity index (χ0v) is 11.8. The Labute approximate surface area is 113 Å². The number of carbonyl (C=O) groups excluding carboxylic acids is 1. The molecule has 88 valence electrons. The first kappa shape index (κ1) is 12.5. The van der Waals surface area contributed by atoms with Crippen molar-refractivity contribution in [3.63, 3.8) is 0 Å². The molecule has 4 heteroatoms. The van der Waals surface area contributed by atoms with E-state index in [2.05, 4.69) is 20.9 Å². The Balaban J connectivity index is 2.12. The van der Waals surface area contributed by atoms with Gasteiger partial charge >= 0.3 is 0 Å².